The molecule has 2 N–H and O–H groups in total. The maximum atomic E-state index is 13.3. The largest absolute Gasteiger partial charge is 0.461 e. The summed E-state index contributed by atoms with van der Waals surface area (Å²) in [7, 11) is 1.45. The van der Waals surface area contributed by atoms with Gasteiger partial charge in [0.25, 0.3) is 0 Å². The molecule has 2 saturated heterocycles. The van der Waals surface area contributed by atoms with Crippen molar-refractivity contribution < 1.29 is 28.8 Å². The average molecular weight is 363 g/mol. The van der Waals surface area contributed by atoms with E-state index in [1.165, 1.54) is 19.2 Å². The van der Waals surface area contributed by atoms with E-state index in [4.69, 9.17) is 4.74 Å². The van der Waals surface area contributed by atoms with Gasteiger partial charge in [0, 0.05) is 19.0 Å². The zero-order chi connectivity index (χ0) is 19.1. The second-order valence-corrected chi connectivity index (χ2v) is 6.99. The molecular weight excluding hydrogens is 339 g/mol. The van der Waals surface area contributed by atoms with Gasteiger partial charge in [-0.15, -0.1) is 0 Å². The number of fused-ring (bicyclic) bond motifs is 1. The van der Waals surface area contributed by atoms with Crippen molar-refractivity contribution in [2.75, 3.05) is 13.7 Å². The molecule has 0 radical (unpaired) electrons. The maximum absolute atomic E-state index is 13.3. The number of ether oxygens (including phenoxy) is 1. The van der Waals surface area contributed by atoms with Crippen molar-refractivity contribution in [2.24, 2.45) is 11.8 Å². The minimum Gasteiger partial charge on any atom is -0.461 e. The zero-order valence-electron chi connectivity index (χ0n) is 15.2. The van der Waals surface area contributed by atoms with E-state index in [0.29, 0.717) is 12.8 Å². The van der Waals surface area contributed by atoms with Crippen LogP contribution in [-0.2, 0) is 19.1 Å². The number of hydrogen-bond donors (Lipinski definition) is 1. The predicted octanol–water partition coefficient (Wildman–Crippen LogP) is 0.777. The number of quaternary nitrogens is 1. The second kappa shape index (κ2) is 6.79. The van der Waals surface area contributed by atoms with Crippen LogP contribution in [0.2, 0.25) is 0 Å². The Labute approximate surface area is 151 Å². The average Bonchev–Trinajstić information content (AvgIpc) is 3.07. The summed E-state index contributed by atoms with van der Waals surface area (Å²) >= 11 is 0. The first-order valence-electron chi connectivity index (χ1n) is 8.97. The number of carbonyl (C=O) groups is 3. The summed E-state index contributed by atoms with van der Waals surface area (Å²) in [6.07, 6.45) is 1.09. The maximum Gasteiger partial charge on any atom is 0.368 e. The quantitative estimate of drug-likeness (QED) is 0.619. The molecule has 2 aliphatic rings. The van der Waals surface area contributed by atoms with Crippen molar-refractivity contribution >= 4 is 17.8 Å². The second-order valence-electron chi connectivity index (χ2n) is 6.99. The van der Waals surface area contributed by atoms with E-state index in [1.54, 1.807) is 24.4 Å². The van der Waals surface area contributed by atoms with Crippen LogP contribution in [0.15, 0.2) is 24.3 Å². The summed E-state index contributed by atoms with van der Waals surface area (Å²) in [6.45, 7) is 3.85. The lowest BCUT2D eigenvalue weighted by Gasteiger charge is -2.28. The molecule has 3 rings (SSSR count). The van der Waals surface area contributed by atoms with Crippen molar-refractivity contribution in [2.45, 2.75) is 38.3 Å². The number of amides is 2. The molecule has 140 valence electrons. The highest BCUT2D eigenvalue weighted by Crippen LogP contribution is 2.45. The summed E-state index contributed by atoms with van der Waals surface area (Å²) in [6, 6.07) is 5.44. The number of carbonyl (C=O) groups excluding carboxylic acids is 3. The molecule has 1 aromatic carbocycles. The molecule has 0 aliphatic carbocycles. The smallest absolute Gasteiger partial charge is 0.368 e. The molecule has 0 unspecified atom stereocenters. The van der Waals surface area contributed by atoms with Crippen LogP contribution in [0.4, 0.5) is 4.39 Å². The monoisotopic (exact) mass is 363 g/mol. The molecule has 26 heavy (non-hydrogen) atoms. The Bertz CT molecular complexity index is 736. The van der Waals surface area contributed by atoms with Crippen molar-refractivity contribution in [1.82, 2.24) is 4.90 Å². The molecule has 1 aromatic rings. The van der Waals surface area contributed by atoms with E-state index in [9.17, 15) is 18.8 Å². The fourth-order valence-electron chi connectivity index (χ4n) is 4.47. The number of esters is 1. The number of imide groups is 1. The van der Waals surface area contributed by atoms with Crippen LogP contribution >= 0.6 is 0 Å². The Morgan fingerprint density at radius 1 is 1.23 bits per heavy atom. The van der Waals surface area contributed by atoms with E-state index in [-0.39, 0.29) is 24.2 Å². The number of rotatable bonds is 5. The van der Waals surface area contributed by atoms with Crippen LogP contribution in [0, 0.1) is 17.7 Å². The predicted molar refractivity (Wildman–Crippen MR) is 90.1 cm³/mol. The van der Waals surface area contributed by atoms with E-state index >= 15 is 0 Å². The molecule has 0 bridgehead atoms. The molecule has 2 heterocycles. The molecule has 6 nitrogen and oxygen atoms in total. The van der Waals surface area contributed by atoms with Gasteiger partial charge in [-0.25, -0.2) is 9.18 Å². The van der Waals surface area contributed by atoms with Crippen molar-refractivity contribution in [3.63, 3.8) is 0 Å². The Balaban J connectivity index is 2.11. The van der Waals surface area contributed by atoms with Gasteiger partial charge in [0.2, 0.25) is 17.4 Å². The van der Waals surface area contributed by atoms with E-state index in [0.717, 1.165) is 10.5 Å². The number of hydrogen-bond acceptors (Lipinski definition) is 4. The fourth-order valence-corrected chi connectivity index (χ4v) is 4.47. The third kappa shape index (κ3) is 2.61. The van der Waals surface area contributed by atoms with Crippen LogP contribution in [0.1, 0.15) is 38.3 Å². The highest BCUT2D eigenvalue weighted by molar-refractivity contribution is 6.08. The van der Waals surface area contributed by atoms with Gasteiger partial charge in [0.05, 0.1) is 6.61 Å². The first-order valence-corrected chi connectivity index (χ1v) is 8.97. The van der Waals surface area contributed by atoms with E-state index in [1.807, 2.05) is 6.92 Å². The number of benzene rings is 1. The molecule has 0 spiro atoms. The summed E-state index contributed by atoms with van der Waals surface area (Å²) < 4.78 is 18.6. The van der Waals surface area contributed by atoms with Gasteiger partial charge in [-0.2, -0.15) is 0 Å². The lowest BCUT2D eigenvalue weighted by molar-refractivity contribution is -0.735. The molecule has 2 fully saturated rings. The lowest BCUT2D eigenvalue weighted by Crippen LogP contribution is -2.98. The SMILES string of the molecule is CCC[C@]1(C(=O)OCC)[NH2+][C@@H](c2ccc(F)cc2)[C@H]2C(=O)N(C)C(=O)[C@H]21. The van der Waals surface area contributed by atoms with Gasteiger partial charge in [0.15, 0.2) is 0 Å². The van der Waals surface area contributed by atoms with E-state index in [2.05, 4.69) is 0 Å². The Morgan fingerprint density at radius 3 is 2.46 bits per heavy atom. The van der Waals surface area contributed by atoms with Gasteiger partial charge in [-0.05, 0) is 25.5 Å². The third-order valence-corrected chi connectivity index (χ3v) is 5.56. The Kier molecular flexibility index (Phi) is 4.84. The molecule has 7 heteroatoms. The summed E-state index contributed by atoms with van der Waals surface area (Å²) in [5.74, 6) is -2.91. The highest BCUT2D eigenvalue weighted by Gasteiger charge is 2.71. The van der Waals surface area contributed by atoms with Crippen LogP contribution in [0.5, 0.6) is 0 Å². The minimum absolute atomic E-state index is 0.203. The van der Waals surface area contributed by atoms with Crippen LogP contribution < -0.4 is 5.32 Å². The van der Waals surface area contributed by atoms with Gasteiger partial charge in [-0.3, -0.25) is 14.5 Å². The van der Waals surface area contributed by atoms with Gasteiger partial charge in [-0.1, -0.05) is 19.1 Å². The van der Waals surface area contributed by atoms with Gasteiger partial charge in [0.1, 0.15) is 23.7 Å². The van der Waals surface area contributed by atoms with Crippen molar-refractivity contribution in [3.05, 3.63) is 35.6 Å². The van der Waals surface area contributed by atoms with E-state index < -0.39 is 29.4 Å². The minimum atomic E-state index is -1.13. The zero-order valence-corrected chi connectivity index (χ0v) is 15.2. The van der Waals surface area contributed by atoms with Crippen molar-refractivity contribution in [1.29, 1.82) is 0 Å². The van der Waals surface area contributed by atoms with Crippen LogP contribution in [0.25, 0.3) is 0 Å². The summed E-state index contributed by atoms with van der Waals surface area (Å²) in [5, 5.41) is 1.81. The normalized spacial score (nSPS) is 30.6. The number of likely N-dealkylation sites (tertiary alicyclic amines) is 1. The molecule has 0 aromatic heterocycles. The van der Waals surface area contributed by atoms with Gasteiger partial charge < -0.3 is 10.1 Å². The number of nitrogens with zero attached hydrogens (tertiary/aromatic N) is 1. The highest BCUT2D eigenvalue weighted by atomic mass is 19.1. The fraction of sp³-hybridized carbons (Fsp3) is 0.526. The standard InChI is InChI=1S/C19H23FN2O4/c1-4-10-19(18(25)26-5-2)14-13(16(23)22(3)17(14)24)15(21-19)11-6-8-12(20)9-7-11/h6-9,13-15,21H,4-5,10H2,1-3H3/p+1/t13-,14-,15-,19-/m0/s1. The third-order valence-electron chi connectivity index (χ3n) is 5.56. The Morgan fingerprint density at radius 2 is 1.88 bits per heavy atom. The first-order chi connectivity index (χ1) is 12.4. The number of nitrogens with two attached hydrogens (primary N) is 1. The summed E-state index contributed by atoms with van der Waals surface area (Å²) in [4.78, 5) is 39.6. The van der Waals surface area contributed by atoms with Gasteiger partial charge >= 0.3 is 5.97 Å². The molecular formula is C19H24FN2O4+. The molecule has 2 amide bonds. The summed E-state index contributed by atoms with van der Waals surface area (Å²) in [5.41, 5.74) is -0.411. The van der Waals surface area contributed by atoms with Crippen LogP contribution in [-0.4, -0.2) is 41.9 Å². The Hall–Kier alpha value is -2.28. The van der Waals surface area contributed by atoms with Crippen molar-refractivity contribution in [3.8, 4) is 0 Å². The topological polar surface area (TPSA) is 80.3 Å². The molecule has 0 saturated carbocycles. The van der Waals surface area contributed by atoms with Crippen LogP contribution in [0.3, 0.4) is 0 Å². The lowest BCUT2D eigenvalue weighted by atomic mass is 9.77. The first kappa shape index (κ1) is 18.5. The molecule has 2 aliphatic heterocycles. The number of halogens is 1. The molecule has 4 atom stereocenters.